The Morgan fingerprint density at radius 1 is 0.400 bits per heavy atom. The number of halogens is 12. The van der Waals surface area contributed by atoms with Gasteiger partial charge in [0.05, 0.1) is 0 Å². The Balaban J connectivity index is 5.78. The molecule has 0 aromatic carbocycles. The second kappa shape index (κ2) is 5.10. The highest BCUT2D eigenvalue weighted by Gasteiger charge is 2.72. The Bertz CT molecular complexity index is 279. The molecule has 0 amide bonds. The lowest BCUT2D eigenvalue weighted by molar-refractivity contribution is -0.623. The average Bonchev–Trinajstić information content (AvgIpc) is 1.88. The maximum absolute atomic E-state index is 12.1. The van der Waals surface area contributed by atoms with Crippen LogP contribution in [0.3, 0.4) is 0 Å². The van der Waals surface area contributed by atoms with Crippen LogP contribution < -0.4 is 0 Å². The molecule has 0 N–H and O–H groups in total. The van der Waals surface area contributed by atoms with Crippen LogP contribution in [-0.4, -0.2) is 31.2 Å². The lowest BCUT2D eigenvalue weighted by Gasteiger charge is -2.34. The van der Waals surface area contributed by atoms with Gasteiger partial charge in [0.25, 0.3) is 0 Å². The molecule has 15 heteroatoms. The smallest absolute Gasteiger partial charge is 0.225 e. The summed E-state index contributed by atoms with van der Waals surface area (Å²) in [7, 11) is 0. The van der Waals surface area contributed by atoms with Crippen molar-refractivity contribution in [2.75, 3.05) is 0 Å². The molecule has 0 aromatic heterocycles. The summed E-state index contributed by atoms with van der Waals surface area (Å²) in [4.78, 5) is 0. The summed E-state index contributed by atoms with van der Waals surface area (Å²) in [6, 6.07) is 0. The molecule has 20 heavy (non-hydrogen) atoms. The first-order valence-electron chi connectivity index (χ1n) is 3.74. The number of ether oxygens (including phenoxy) is 3. The van der Waals surface area contributed by atoms with Gasteiger partial charge < -0.3 is 0 Å². The number of alkyl halides is 12. The minimum atomic E-state index is -6.99. The van der Waals surface area contributed by atoms with Crippen molar-refractivity contribution in [1.82, 2.24) is 0 Å². The zero-order chi connectivity index (χ0) is 16.6. The van der Waals surface area contributed by atoms with Gasteiger partial charge in [-0.2, -0.15) is 13.2 Å². The van der Waals surface area contributed by atoms with E-state index in [1.54, 1.807) is 14.2 Å². The van der Waals surface area contributed by atoms with Crippen molar-refractivity contribution in [3.63, 3.8) is 0 Å². The Hall–Kier alpha value is -0.960. The Morgan fingerprint density at radius 2 is 0.600 bits per heavy atom. The van der Waals surface area contributed by atoms with Gasteiger partial charge in [0.15, 0.2) is 0 Å². The van der Waals surface area contributed by atoms with Crippen LogP contribution >= 0.6 is 0 Å². The highest BCUT2D eigenvalue weighted by molar-refractivity contribution is 4.71. The van der Waals surface area contributed by atoms with E-state index < -0.39 is 31.2 Å². The van der Waals surface area contributed by atoms with Crippen LogP contribution in [0.1, 0.15) is 0 Å². The van der Waals surface area contributed by atoms with Crippen LogP contribution in [0, 0.1) is 0 Å². The van der Waals surface area contributed by atoms with Crippen LogP contribution in [-0.2, 0) is 14.2 Å². The second-order valence-electron chi connectivity index (χ2n) is 2.70. The number of rotatable bonds is 3. The van der Waals surface area contributed by atoms with E-state index in [0.29, 0.717) is 0 Å². The summed E-state index contributed by atoms with van der Waals surface area (Å²) < 4.78 is 146. The third-order valence-electron chi connectivity index (χ3n) is 1.10. The molecule has 0 aromatic rings. The molecule has 3 nitrogen and oxygen atoms in total. The van der Waals surface area contributed by atoms with Gasteiger partial charge in [-0.05, 0) is 0 Å². The van der Waals surface area contributed by atoms with Crippen LogP contribution in [0.5, 0.6) is 0 Å². The van der Waals surface area contributed by atoms with E-state index in [1.807, 2.05) is 0 Å². The SMILES string of the molecule is FC(F)(F)OC(OC(F)(F)F)(OC(F)(F)F)C(F)(F)F. The Labute approximate surface area is 99.5 Å². The molecule has 0 bridgehead atoms. The van der Waals surface area contributed by atoms with Crippen LogP contribution in [0.25, 0.3) is 0 Å². The van der Waals surface area contributed by atoms with E-state index in [1.165, 1.54) is 0 Å². The molecule has 0 aliphatic rings. The fourth-order valence-corrected chi connectivity index (χ4v) is 0.693. The molecule has 0 atom stereocenters. The number of hydrogen-bond acceptors (Lipinski definition) is 3. The summed E-state index contributed by atoms with van der Waals surface area (Å²) in [5, 5.41) is 0. The third-order valence-corrected chi connectivity index (χ3v) is 1.10. The standard InChI is InChI=1S/C5F12O3/c6-1(7,8)2(18-3(9,10)11,19-4(12,13)14)20-5(15,16)17. The quantitative estimate of drug-likeness (QED) is 0.579. The largest absolute Gasteiger partial charge is 0.527 e. The number of hydrogen-bond donors (Lipinski definition) is 0. The highest BCUT2D eigenvalue weighted by Crippen LogP contribution is 2.46. The molecule has 0 rings (SSSR count). The summed E-state index contributed by atoms with van der Waals surface area (Å²) in [5.74, 6) is -6.48. The van der Waals surface area contributed by atoms with E-state index in [-0.39, 0.29) is 0 Å². The molecule has 0 fully saturated rings. The molecule has 0 saturated carbocycles. The fourth-order valence-electron chi connectivity index (χ4n) is 0.693. The average molecular weight is 336 g/mol. The first kappa shape index (κ1) is 19.0. The first-order valence-corrected chi connectivity index (χ1v) is 3.74. The lowest BCUT2D eigenvalue weighted by atomic mass is 10.5. The van der Waals surface area contributed by atoms with E-state index in [2.05, 4.69) is 0 Å². The zero-order valence-electron chi connectivity index (χ0n) is 8.26. The van der Waals surface area contributed by atoms with E-state index in [9.17, 15) is 52.7 Å². The molecule has 122 valence electrons. The summed E-state index contributed by atoms with van der Waals surface area (Å²) >= 11 is 0. The highest BCUT2D eigenvalue weighted by atomic mass is 19.4. The van der Waals surface area contributed by atoms with Gasteiger partial charge in [-0.15, -0.1) is 39.5 Å². The summed E-state index contributed by atoms with van der Waals surface area (Å²) in [6.07, 6.45) is -26.8. The molecule has 0 aliphatic heterocycles. The van der Waals surface area contributed by atoms with Crippen molar-refractivity contribution in [2.24, 2.45) is 0 Å². The minimum Gasteiger partial charge on any atom is -0.225 e. The predicted octanol–water partition coefficient (Wildman–Crippen LogP) is 3.81. The van der Waals surface area contributed by atoms with E-state index in [0.717, 1.165) is 0 Å². The maximum Gasteiger partial charge on any atom is 0.527 e. The third kappa shape index (κ3) is 6.47. The van der Waals surface area contributed by atoms with Crippen LogP contribution in [0.15, 0.2) is 0 Å². The molecular weight excluding hydrogens is 336 g/mol. The van der Waals surface area contributed by atoms with Crippen LogP contribution in [0.2, 0.25) is 0 Å². The summed E-state index contributed by atoms with van der Waals surface area (Å²) in [5.41, 5.74) is 0. The van der Waals surface area contributed by atoms with Gasteiger partial charge in [0, 0.05) is 0 Å². The molecule has 0 aliphatic carbocycles. The molecule has 0 heterocycles. The predicted molar refractivity (Wildman–Crippen MR) is 30.2 cm³/mol. The molecule has 0 spiro atoms. The zero-order valence-corrected chi connectivity index (χ0v) is 8.26. The molecule has 0 radical (unpaired) electrons. The topological polar surface area (TPSA) is 27.7 Å². The van der Waals surface area contributed by atoms with E-state index >= 15 is 0 Å². The van der Waals surface area contributed by atoms with E-state index in [4.69, 9.17) is 0 Å². The van der Waals surface area contributed by atoms with Gasteiger partial charge in [-0.3, -0.25) is 0 Å². The Morgan fingerprint density at radius 3 is 0.700 bits per heavy atom. The van der Waals surface area contributed by atoms with Gasteiger partial charge >= 0.3 is 31.2 Å². The van der Waals surface area contributed by atoms with Crippen molar-refractivity contribution in [1.29, 1.82) is 0 Å². The summed E-state index contributed by atoms with van der Waals surface area (Å²) in [6.45, 7) is 0. The minimum absolute atomic E-state index is 1.73. The van der Waals surface area contributed by atoms with Gasteiger partial charge in [0.1, 0.15) is 0 Å². The van der Waals surface area contributed by atoms with Crippen molar-refractivity contribution >= 4 is 0 Å². The monoisotopic (exact) mass is 336 g/mol. The lowest BCUT2D eigenvalue weighted by Crippen LogP contribution is -2.59. The first-order chi connectivity index (χ1) is 8.37. The normalized spacial score (nSPS) is 15.6. The van der Waals surface area contributed by atoms with Gasteiger partial charge in [-0.1, -0.05) is 0 Å². The fraction of sp³-hybridized carbons (Fsp3) is 1.00. The van der Waals surface area contributed by atoms with Gasteiger partial charge in [0.2, 0.25) is 0 Å². The van der Waals surface area contributed by atoms with Crippen molar-refractivity contribution in [3.05, 3.63) is 0 Å². The molecule has 0 unspecified atom stereocenters. The van der Waals surface area contributed by atoms with Crippen molar-refractivity contribution in [3.8, 4) is 0 Å². The van der Waals surface area contributed by atoms with Crippen molar-refractivity contribution < 1.29 is 66.9 Å². The Kier molecular flexibility index (Phi) is 4.86. The van der Waals surface area contributed by atoms with Crippen LogP contribution in [0.4, 0.5) is 52.7 Å². The van der Waals surface area contributed by atoms with Gasteiger partial charge in [-0.25, -0.2) is 14.2 Å². The molecular formula is C5F12O3. The second-order valence-corrected chi connectivity index (χ2v) is 2.70. The molecule has 0 saturated heterocycles. The van der Waals surface area contributed by atoms with Crippen molar-refractivity contribution in [2.45, 2.75) is 31.2 Å². The maximum atomic E-state index is 12.1.